The number of carboxylic acid groups (broad SMARTS) is 1. The summed E-state index contributed by atoms with van der Waals surface area (Å²) in [6, 6.07) is 11.1. The molecule has 0 aliphatic heterocycles. The number of aromatic carboxylic acids is 1. The van der Waals surface area contributed by atoms with Gasteiger partial charge in [0.15, 0.2) is 0 Å². The molecular weight excluding hydrogens is 417 g/mol. The molecule has 3 aromatic rings. The maximum Gasteiger partial charge on any atom is 0.339 e. The molecule has 0 unspecified atom stereocenters. The molecule has 26 heavy (non-hydrogen) atoms. The first-order valence-corrected chi connectivity index (χ1v) is 9.25. The summed E-state index contributed by atoms with van der Waals surface area (Å²) in [6.07, 6.45) is 0. The van der Waals surface area contributed by atoms with E-state index < -0.39 is 11.9 Å². The average Bonchev–Trinajstić information content (AvgIpc) is 2.99. The number of nitrogens with one attached hydrogen (secondary N) is 1. The van der Waals surface area contributed by atoms with Gasteiger partial charge in [-0.05, 0) is 36.4 Å². The average molecular weight is 427 g/mol. The molecule has 4 nitrogen and oxygen atoms in total. The topological polar surface area (TPSA) is 66.4 Å². The maximum atomic E-state index is 12.4. The number of rotatable bonds is 4. The molecule has 132 valence electrons. The molecule has 1 heterocycles. The number of halogens is 3. The van der Waals surface area contributed by atoms with E-state index in [1.54, 1.807) is 41.8 Å². The lowest BCUT2D eigenvalue weighted by molar-refractivity contribution is 0.0699. The van der Waals surface area contributed by atoms with E-state index in [0.717, 1.165) is 11.3 Å². The fraction of sp³-hybridized carbons (Fsp3) is 0. The quantitative estimate of drug-likeness (QED) is 0.512. The van der Waals surface area contributed by atoms with Gasteiger partial charge in [-0.2, -0.15) is 0 Å². The van der Waals surface area contributed by atoms with Gasteiger partial charge in [-0.25, -0.2) is 4.79 Å². The molecule has 1 amide bonds. The van der Waals surface area contributed by atoms with Crippen LogP contribution >= 0.6 is 46.1 Å². The van der Waals surface area contributed by atoms with Crippen molar-refractivity contribution >= 4 is 63.0 Å². The molecule has 0 bridgehead atoms. The number of benzene rings is 2. The standard InChI is InChI=1S/C18H10Cl3NO3S/c19-10-3-1-9(2-4-10)16(23)22-17-15(18(24)25)13(8-26-17)12-6-5-11(20)7-14(12)21/h1-8H,(H,22,23)(H,24,25). The molecule has 0 aliphatic rings. The normalized spacial score (nSPS) is 10.6. The van der Waals surface area contributed by atoms with Gasteiger partial charge in [-0.3, -0.25) is 4.79 Å². The van der Waals surface area contributed by atoms with Crippen molar-refractivity contribution in [3.05, 3.63) is 74.0 Å². The first-order chi connectivity index (χ1) is 12.4. The number of carbonyl (C=O) groups is 2. The van der Waals surface area contributed by atoms with Gasteiger partial charge in [-0.15, -0.1) is 11.3 Å². The lowest BCUT2D eigenvalue weighted by Gasteiger charge is -2.07. The third-order valence-corrected chi connectivity index (χ3v) is 5.25. The summed E-state index contributed by atoms with van der Waals surface area (Å²) in [5, 5.41) is 15.4. The second-order valence-electron chi connectivity index (χ2n) is 5.24. The summed E-state index contributed by atoms with van der Waals surface area (Å²) in [4.78, 5) is 24.2. The van der Waals surface area contributed by atoms with Crippen LogP contribution in [-0.4, -0.2) is 17.0 Å². The predicted molar refractivity (Wildman–Crippen MR) is 106 cm³/mol. The van der Waals surface area contributed by atoms with Crippen LogP contribution in [0.15, 0.2) is 47.8 Å². The lowest BCUT2D eigenvalue weighted by atomic mass is 10.0. The van der Waals surface area contributed by atoms with E-state index in [-0.39, 0.29) is 10.6 Å². The fourth-order valence-corrected chi connectivity index (χ4v) is 3.93. The number of carbonyl (C=O) groups excluding carboxylic acids is 1. The number of hydrogen-bond donors (Lipinski definition) is 2. The van der Waals surface area contributed by atoms with Crippen LogP contribution in [0.3, 0.4) is 0 Å². The van der Waals surface area contributed by atoms with E-state index in [2.05, 4.69) is 5.32 Å². The zero-order valence-electron chi connectivity index (χ0n) is 12.9. The van der Waals surface area contributed by atoms with Crippen molar-refractivity contribution in [3.63, 3.8) is 0 Å². The lowest BCUT2D eigenvalue weighted by Crippen LogP contribution is -2.13. The van der Waals surface area contributed by atoms with Crippen molar-refractivity contribution in [2.75, 3.05) is 5.32 Å². The summed E-state index contributed by atoms with van der Waals surface area (Å²) >= 11 is 19.0. The molecule has 2 aromatic carbocycles. The second-order valence-corrected chi connectivity index (χ2v) is 7.40. The highest BCUT2D eigenvalue weighted by Gasteiger charge is 2.22. The van der Waals surface area contributed by atoms with E-state index in [1.165, 1.54) is 6.07 Å². The third kappa shape index (κ3) is 3.86. The van der Waals surface area contributed by atoms with E-state index in [4.69, 9.17) is 34.8 Å². The van der Waals surface area contributed by atoms with Gasteiger partial charge in [0.25, 0.3) is 5.91 Å². The second kappa shape index (κ2) is 7.68. The van der Waals surface area contributed by atoms with Crippen molar-refractivity contribution in [3.8, 4) is 11.1 Å². The zero-order valence-corrected chi connectivity index (χ0v) is 16.0. The zero-order chi connectivity index (χ0) is 18.8. The maximum absolute atomic E-state index is 12.4. The number of anilines is 1. The molecule has 2 N–H and O–H groups in total. The van der Waals surface area contributed by atoms with Crippen LogP contribution in [0.25, 0.3) is 11.1 Å². The first-order valence-electron chi connectivity index (χ1n) is 7.24. The number of thiophene rings is 1. The Bertz CT molecular complexity index is 999. The third-order valence-electron chi connectivity index (χ3n) is 3.56. The number of amides is 1. The molecule has 1 aromatic heterocycles. The molecule has 0 radical (unpaired) electrons. The van der Waals surface area contributed by atoms with Crippen LogP contribution in [0.4, 0.5) is 5.00 Å². The Hall–Kier alpha value is -2.05. The summed E-state index contributed by atoms with van der Waals surface area (Å²) in [6.45, 7) is 0. The molecule has 3 rings (SSSR count). The van der Waals surface area contributed by atoms with Crippen molar-refractivity contribution < 1.29 is 14.7 Å². The van der Waals surface area contributed by atoms with E-state index in [0.29, 0.717) is 31.8 Å². The Morgan fingerprint density at radius 3 is 2.19 bits per heavy atom. The van der Waals surface area contributed by atoms with Crippen LogP contribution in [0.1, 0.15) is 20.7 Å². The Balaban J connectivity index is 1.98. The summed E-state index contributed by atoms with van der Waals surface area (Å²) in [5.41, 5.74) is 1.28. The smallest absolute Gasteiger partial charge is 0.339 e. The Morgan fingerprint density at radius 1 is 0.923 bits per heavy atom. The van der Waals surface area contributed by atoms with Crippen LogP contribution in [0.2, 0.25) is 15.1 Å². The molecular formula is C18H10Cl3NO3S. The minimum Gasteiger partial charge on any atom is -0.478 e. The number of carboxylic acids is 1. The SMILES string of the molecule is O=C(Nc1scc(-c2ccc(Cl)cc2Cl)c1C(=O)O)c1ccc(Cl)cc1. The molecule has 0 fully saturated rings. The number of hydrogen-bond acceptors (Lipinski definition) is 3. The van der Waals surface area contributed by atoms with Gasteiger partial charge >= 0.3 is 5.97 Å². The van der Waals surface area contributed by atoms with Crippen LogP contribution in [0.5, 0.6) is 0 Å². The minimum atomic E-state index is -1.17. The van der Waals surface area contributed by atoms with Gasteiger partial charge < -0.3 is 10.4 Å². The highest BCUT2D eigenvalue weighted by Crippen LogP contribution is 2.39. The Labute approximate surface area is 167 Å². The highest BCUT2D eigenvalue weighted by atomic mass is 35.5. The van der Waals surface area contributed by atoms with Crippen LogP contribution in [0, 0.1) is 0 Å². The van der Waals surface area contributed by atoms with E-state index >= 15 is 0 Å². The highest BCUT2D eigenvalue weighted by molar-refractivity contribution is 7.15. The van der Waals surface area contributed by atoms with Crippen LogP contribution < -0.4 is 5.32 Å². The van der Waals surface area contributed by atoms with Gasteiger partial charge in [0.05, 0.1) is 0 Å². The van der Waals surface area contributed by atoms with Gasteiger partial charge in [0.2, 0.25) is 0 Å². The van der Waals surface area contributed by atoms with E-state index in [9.17, 15) is 14.7 Å². The Kier molecular flexibility index (Phi) is 5.53. The van der Waals surface area contributed by atoms with Crippen molar-refractivity contribution in [1.29, 1.82) is 0 Å². The largest absolute Gasteiger partial charge is 0.478 e. The van der Waals surface area contributed by atoms with Crippen molar-refractivity contribution in [2.24, 2.45) is 0 Å². The summed E-state index contributed by atoms with van der Waals surface area (Å²) in [7, 11) is 0. The van der Waals surface area contributed by atoms with Gasteiger partial charge in [0.1, 0.15) is 10.6 Å². The molecule has 0 atom stereocenters. The molecule has 0 saturated heterocycles. The minimum absolute atomic E-state index is 0.0264. The molecule has 0 aliphatic carbocycles. The van der Waals surface area contributed by atoms with E-state index in [1.807, 2.05) is 0 Å². The molecule has 0 saturated carbocycles. The van der Waals surface area contributed by atoms with Gasteiger partial charge in [0, 0.05) is 37.1 Å². The van der Waals surface area contributed by atoms with Gasteiger partial charge in [-0.1, -0.05) is 40.9 Å². The molecule has 8 heteroatoms. The summed E-state index contributed by atoms with van der Waals surface area (Å²) in [5.74, 6) is -1.60. The summed E-state index contributed by atoms with van der Waals surface area (Å²) < 4.78 is 0. The molecule has 0 spiro atoms. The van der Waals surface area contributed by atoms with Crippen LogP contribution in [-0.2, 0) is 0 Å². The monoisotopic (exact) mass is 425 g/mol. The first kappa shape index (κ1) is 18.7. The van der Waals surface area contributed by atoms with Crippen molar-refractivity contribution in [1.82, 2.24) is 0 Å². The van der Waals surface area contributed by atoms with Crippen molar-refractivity contribution in [2.45, 2.75) is 0 Å². The Morgan fingerprint density at radius 2 is 1.58 bits per heavy atom. The predicted octanol–water partition coefficient (Wildman–Crippen LogP) is 6.33. The fourth-order valence-electron chi connectivity index (χ4n) is 2.34.